The monoisotopic (exact) mass is 296 g/mol. The van der Waals surface area contributed by atoms with E-state index in [2.05, 4.69) is 31.2 Å². The Kier molecular flexibility index (Phi) is 7.03. The van der Waals surface area contributed by atoms with Crippen LogP contribution in [0.1, 0.15) is 30.4 Å². The molecule has 20 heavy (non-hydrogen) atoms. The van der Waals surface area contributed by atoms with Crippen LogP contribution in [0.5, 0.6) is 0 Å². The summed E-state index contributed by atoms with van der Waals surface area (Å²) >= 11 is 0. The van der Waals surface area contributed by atoms with Crippen molar-refractivity contribution in [2.75, 3.05) is 19.6 Å². The van der Waals surface area contributed by atoms with Gasteiger partial charge in [0.1, 0.15) is 0 Å². The molecule has 0 spiro atoms. The number of aryl methyl sites for hydroxylation is 2. The van der Waals surface area contributed by atoms with E-state index in [1.54, 1.807) is 0 Å². The molecule has 4 heteroatoms. The number of carbonyl (C=O) groups excluding carboxylic acids is 1. The van der Waals surface area contributed by atoms with Crippen LogP contribution in [0.4, 0.5) is 0 Å². The zero-order valence-corrected chi connectivity index (χ0v) is 13.0. The number of amides is 1. The van der Waals surface area contributed by atoms with Gasteiger partial charge in [-0.05, 0) is 44.1 Å². The van der Waals surface area contributed by atoms with E-state index in [0.717, 1.165) is 38.3 Å². The lowest BCUT2D eigenvalue weighted by Gasteiger charge is -2.31. The number of benzene rings is 1. The SMILES string of the molecule is Cc1ccc(CCC2CCN(C(=O)CN)CC2)cc1.Cl. The number of nitrogens with two attached hydrogens (primary N) is 1. The minimum absolute atomic E-state index is 0. The molecule has 3 nitrogen and oxygen atoms in total. The summed E-state index contributed by atoms with van der Waals surface area (Å²) in [6, 6.07) is 8.81. The average Bonchev–Trinajstić information content (AvgIpc) is 2.46. The number of hydrogen-bond donors (Lipinski definition) is 1. The van der Waals surface area contributed by atoms with Gasteiger partial charge in [-0.25, -0.2) is 0 Å². The Hall–Kier alpha value is -1.06. The van der Waals surface area contributed by atoms with E-state index in [4.69, 9.17) is 5.73 Å². The van der Waals surface area contributed by atoms with Gasteiger partial charge in [0, 0.05) is 13.1 Å². The number of hydrogen-bond acceptors (Lipinski definition) is 2. The molecule has 1 aromatic carbocycles. The third-order valence-corrected chi connectivity index (χ3v) is 4.10. The first-order chi connectivity index (χ1) is 9.19. The van der Waals surface area contributed by atoms with E-state index < -0.39 is 0 Å². The molecule has 2 N–H and O–H groups in total. The summed E-state index contributed by atoms with van der Waals surface area (Å²) in [5.41, 5.74) is 8.13. The molecule has 112 valence electrons. The Morgan fingerprint density at radius 1 is 1.25 bits per heavy atom. The fraction of sp³-hybridized carbons (Fsp3) is 0.562. The number of nitrogens with zero attached hydrogens (tertiary/aromatic N) is 1. The maximum Gasteiger partial charge on any atom is 0.236 e. The van der Waals surface area contributed by atoms with Gasteiger partial charge in [-0.1, -0.05) is 29.8 Å². The van der Waals surface area contributed by atoms with Crippen LogP contribution < -0.4 is 5.73 Å². The highest BCUT2D eigenvalue weighted by Crippen LogP contribution is 2.22. The van der Waals surface area contributed by atoms with E-state index in [9.17, 15) is 4.79 Å². The third-order valence-electron chi connectivity index (χ3n) is 4.10. The number of likely N-dealkylation sites (tertiary alicyclic amines) is 1. The number of piperidine rings is 1. The number of carbonyl (C=O) groups is 1. The fourth-order valence-electron chi connectivity index (χ4n) is 2.73. The maximum atomic E-state index is 11.5. The van der Waals surface area contributed by atoms with Gasteiger partial charge in [0.15, 0.2) is 0 Å². The summed E-state index contributed by atoms with van der Waals surface area (Å²) in [5.74, 6) is 0.847. The molecule has 0 aliphatic carbocycles. The first kappa shape index (κ1) is 17.0. The first-order valence-corrected chi connectivity index (χ1v) is 7.22. The lowest BCUT2D eigenvalue weighted by molar-refractivity contribution is -0.131. The molecule has 1 saturated heterocycles. The first-order valence-electron chi connectivity index (χ1n) is 7.22. The maximum absolute atomic E-state index is 11.5. The Balaban J connectivity index is 0.00000200. The van der Waals surface area contributed by atoms with Gasteiger partial charge in [0.25, 0.3) is 0 Å². The zero-order chi connectivity index (χ0) is 13.7. The topological polar surface area (TPSA) is 46.3 Å². The van der Waals surface area contributed by atoms with E-state index in [0.29, 0.717) is 0 Å². The molecule has 0 bridgehead atoms. The molecule has 0 saturated carbocycles. The second-order valence-electron chi connectivity index (χ2n) is 5.55. The van der Waals surface area contributed by atoms with Crippen molar-refractivity contribution in [1.82, 2.24) is 4.90 Å². The van der Waals surface area contributed by atoms with Crippen LogP contribution in [0.2, 0.25) is 0 Å². The molecule has 0 unspecified atom stereocenters. The zero-order valence-electron chi connectivity index (χ0n) is 12.2. The van der Waals surface area contributed by atoms with Gasteiger partial charge in [-0.2, -0.15) is 0 Å². The van der Waals surface area contributed by atoms with Crippen molar-refractivity contribution in [3.05, 3.63) is 35.4 Å². The van der Waals surface area contributed by atoms with Crippen molar-refractivity contribution in [2.24, 2.45) is 11.7 Å². The second-order valence-corrected chi connectivity index (χ2v) is 5.55. The van der Waals surface area contributed by atoms with Gasteiger partial charge >= 0.3 is 0 Å². The van der Waals surface area contributed by atoms with E-state index in [1.165, 1.54) is 17.5 Å². The van der Waals surface area contributed by atoms with Crippen LogP contribution in [-0.4, -0.2) is 30.4 Å². The predicted molar refractivity (Wildman–Crippen MR) is 85.1 cm³/mol. The Morgan fingerprint density at radius 3 is 2.40 bits per heavy atom. The third kappa shape index (κ3) is 4.80. The predicted octanol–water partition coefficient (Wildman–Crippen LogP) is 2.55. The Labute approximate surface area is 127 Å². The molecular weight excluding hydrogens is 272 g/mol. The van der Waals surface area contributed by atoms with Gasteiger partial charge in [0.2, 0.25) is 5.91 Å². The highest BCUT2D eigenvalue weighted by Gasteiger charge is 2.21. The lowest BCUT2D eigenvalue weighted by atomic mass is 9.90. The van der Waals surface area contributed by atoms with E-state index in [-0.39, 0.29) is 24.9 Å². The van der Waals surface area contributed by atoms with Gasteiger partial charge in [0.05, 0.1) is 6.54 Å². The summed E-state index contributed by atoms with van der Waals surface area (Å²) in [7, 11) is 0. The molecule has 1 fully saturated rings. The van der Waals surface area contributed by atoms with E-state index in [1.807, 2.05) is 4.90 Å². The van der Waals surface area contributed by atoms with Crippen molar-refractivity contribution in [3.63, 3.8) is 0 Å². The van der Waals surface area contributed by atoms with Crippen molar-refractivity contribution >= 4 is 18.3 Å². The lowest BCUT2D eigenvalue weighted by Crippen LogP contribution is -2.41. The molecule has 0 aromatic heterocycles. The Morgan fingerprint density at radius 2 is 1.85 bits per heavy atom. The number of rotatable bonds is 4. The molecule has 1 aliphatic rings. The van der Waals surface area contributed by atoms with Crippen molar-refractivity contribution < 1.29 is 4.79 Å². The summed E-state index contributed by atoms with van der Waals surface area (Å²) in [5, 5.41) is 0. The van der Waals surface area contributed by atoms with Crippen molar-refractivity contribution in [2.45, 2.75) is 32.6 Å². The molecule has 0 atom stereocenters. The fourth-order valence-corrected chi connectivity index (χ4v) is 2.73. The summed E-state index contributed by atoms with van der Waals surface area (Å²) in [4.78, 5) is 13.4. The molecule has 2 rings (SSSR count). The van der Waals surface area contributed by atoms with Gasteiger partial charge in [-0.15, -0.1) is 12.4 Å². The highest BCUT2D eigenvalue weighted by molar-refractivity contribution is 5.85. The van der Waals surface area contributed by atoms with Crippen LogP contribution in [-0.2, 0) is 11.2 Å². The molecule has 1 heterocycles. The quantitative estimate of drug-likeness (QED) is 0.928. The van der Waals surface area contributed by atoms with Crippen LogP contribution in [0.3, 0.4) is 0 Å². The summed E-state index contributed by atoms with van der Waals surface area (Å²) < 4.78 is 0. The molecule has 1 amide bonds. The minimum atomic E-state index is 0. The Bertz CT molecular complexity index is 411. The smallest absolute Gasteiger partial charge is 0.236 e. The van der Waals surface area contributed by atoms with Crippen LogP contribution in [0, 0.1) is 12.8 Å². The molecular formula is C16H25ClN2O. The summed E-state index contributed by atoms with van der Waals surface area (Å²) in [6.07, 6.45) is 4.62. The summed E-state index contributed by atoms with van der Waals surface area (Å²) in [6.45, 7) is 4.03. The largest absolute Gasteiger partial charge is 0.342 e. The van der Waals surface area contributed by atoms with Gasteiger partial charge < -0.3 is 10.6 Å². The van der Waals surface area contributed by atoms with Crippen LogP contribution in [0.15, 0.2) is 24.3 Å². The normalized spacial score (nSPS) is 15.8. The van der Waals surface area contributed by atoms with Crippen LogP contribution >= 0.6 is 12.4 Å². The highest BCUT2D eigenvalue weighted by atomic mass is 35.5. The van der Waals surface area contributed by atoms with Crippen molar-refractivity contribution in [1.29, 1.82) is 0 Å². The standard InChI is InChI=1S/C16H24N2O.ClH/c1-13-2-4-14(5-3-13)6-7-15-8-10-18(11-9-15)16(19)12-17;/h2-5,15H,6-12,17H2,1H3;1H. The second kappa shape index (κ2) is 8.28. The van der Waals surface area contributed by atoms with Gasteiger partial charge in [-0.3, -0.25) is 4.79 Å². The molecule has 1 aliphatic heterocycles. The minimum Gasteiger partial charge on any atom is -0.342 e. The molecule has 0 radical (unpaired) electrons. The number of halogens is 1. The molecule has 1 aromatic rings. The van der Waals surface area contributed by atoms with Crippen molar-refractivity contribution in [3.8, 4) is 0 Å². The average molecular weight is 297 g/mol. The van der Waals surface area contributed by atoms with Crippen LogP contribution in [0.25, 0.3) is 0 Å². The van der Waals surface area contributed by atoms with E-state index >= 15 is 0 Å².